The van der Waals surface area contributed by atoms with Gasteiger partial charge < -0.3 is 4.52 Å². The Kier molecular flexibility index (Phi) is 2.18. The van der Waals surface area contributed by atoms with Crippen LogP contribution in [0.4, 0.5) is 0 Å². The maximum absolute atomic E-state index is 9.41. The first-order chi connectivity index (χ1) is 8.80. The highest BCUT2D eigenvalue weighted by atomic mass is 16.5. The second kappa shape index (κ2) is 3.72. The molecule has 0 radical (unpaired) electrons. The maximum Gasteiger partial charge on any atom is 0.160 e. The smallest absolute Gasteiger partial charge is 0.160 e. The van der Waals surface area contributed by atoms with Crippen LogP contribution >= 0.6 is 0 Å². The predicted molar refractivity (Wildman–Crippen MR) is 62.2 cm³/mol. The lowest BCUT2D eigenvalue weighted by molar-refractivity contribution is 0.382. The van der Waals surface area contributed by atoms with Gasteiger partial charge in [-0.1, -0.05) is 35.5 Å². The second-order valence-electron chi connectivity index (χ2n) is 4.44. The van der Waals surface area contributed by atoms with Crippen LogP contribution in [0.5, 0.6) is 0 Å². The Morgan fingerprint density at radius 2 is 1.94 bits per heavy atom. The molecular formula is C14H9N3O. The Morgan fingerprint density at radius 1 is 1.22 bits per heavy atom. The molecule has 0 fully saturated rings. The van der Waals surface area contributed by atoms with Crippen LogP contribution in [0.15, 0.2) is 41.1 Å². The molecule has 0 amide bonds. The van der Waals surface area contributed by atoms with E-state index in [4.69, 9.17) is 4.52 Å². The minimum atomic E-state index is -1.07. The molecule has 4 nitrogen and oxygen atoms in total. The van der Waals surface area contributed by atoms with Crippen LogP contribution in [-0.4, -0.2) is 5.16 Å². The fourth-order valence-corrected chi connectivity index (χ4v) is 2.59. The van der Waals surface area contributed by atoms with Crippen LogP contribution in [0.1, 0.15) is 22.7 Å². The highest BCUT2D eigenvalue weighted by Crippen LogP contribution is 2.49. The van der Waals surface area contributed by atoms with Gasteiger partial charge in [-0.3, -0.25) is 0 Å². The van der Waals surface area contributed by atoms with E-state index in [1.807, 2.05) is 30.3 Å². The summed E-state index contributed by atoms with van der Waals surface area (Å²) in [5.74, 6) is -0.331. The first-order valence-electron chi connectivity index (χ1n) is 5.61. The third-order valence-corrected chi connectivity index (χ3v) is 3.44. The predicted octanol–water partition coefficient (Wildman–Crippen LogP) is 2.40. The van der Waals surface area contributed by atoms with E-state index in [1.54, 1.807) is 0 Å². The summed E-state index contributed by atoms with van der Waals surface area (Å²) < 4.78 is 4.95. The lowest BCUT2D eigenvalue weighted by Gasteiger charge is -2.21. The van der Waals surface area contributed by atoms with Gasteiger partial charge in [-0.15, -0.1) is 0 Å². The van der Waals surface area contributed by atoms with Crippen LogP contribution in [0.25, 0.3) is 0 Å². The van der Waals surface area contributed by atoms with Gasteiger partial charge in [0.05, 0.1) is 23.8 Å². The van der Waals surface area contributed by atoms with E-state index < -0.39 is 5.41 Å². The van der Waals surface area contributed by atoms with Crippen LogP contribution < -0.4 is 0 Å². The van der Waals surface area contributed by atoms with Crippen molar-refractivity contribution in [3.63, 3.8) is 0 Å². The number of aromatic nitrogens is 1. The van der Waals surface area contributed by atoms with Crippen molar-refractivity contribution in [2.24, 2.45) is 5.41 Å². The fraction of sp³-hybridized carbons (Fsp3) is 0.214. The zero-order chi connectivity index (χ0) is 12.6. The van der Waals surface area contributed by atoms with Crippen molar-refractivity contribution in [2.45, 2.75) is 12.3 Å². The minimum Gasteiger partial charge on any atom is -0.364 e. The summed E-state index contributed by atoms with van der Waals surface area (Å²) in [7, 11) is 0. The van der Waals surface area contributed by atoms with E-state index in [-0.39, 0.29) is 5.92 Å². The van der Waals surface area contributed by atoms with E-state index in [2.05, 4.69) is 17.3 Å². The van der Waals surface area contributed by atoms with Crippen molar-refractivity contribution in [1.82, 2.24) is 5.16 Å². The molecular weight excluding hydrogens is 226 g/mol. The van der Waals surface area contributed by atoms with Crippen molar-refractivity contribution in [2.75, 3.05) is 0 Å². The molecule has 0 bridgehead atoms. The van der Waals surface area contributed by atoms with Gasteiger partial charge in [0.25, 0.3) is 0 Å². The molecule has 0 aliphatic heterocycles. The molecule has 1 aromatic carbocycles. The SMILES string of the molecule is N#CC1(C#N)Cc2conc2C1c1ccccc1. The normalized spacial score (nSPS) is 19.8. The van der Waals surface area contributed by atoms with Gasteiger partial charge in [0.15, 0.2) is 5.41 Å². The third kappa shape index (κ3) is 1.26. The third-order valence-electron chi connectivity index (χ3n) is 3.44. The number of benzene rings is 1. The van der Waals surface area contributed by atoms with Crippen LogP contribution in [-0.2, 0) is 6.42 Å². The summed E-state index contributed by atoms with van der Waals surface area (Å²) in [4.78, 5) is 0. The van der Waals surface area contributed by atoms with Crippen molar-refractivity contribution in [3.8, 4) is 12.1 Å². The molecule has 3 rings (SSSR count). The summed E-state index contributed by atoms with van der Waals surface area (Å²) >= 11 is 0. The maximum atomic E-state index is 9.41. The quantitative estimate of drug-likeness (QED) is 0.760. The Hall–Kier alpha value is -2.59. The molecule has 0 saturated heterocycles. The minimum absolute atomic E-state index is 0.331. The fourth-order valence-electron chi connectivity index (χ4n) is 2.59. The molecule has 0 saturated carbocycles. The average molecular weight is 235 g/mol. The Balaban J connectivity index is 2.21. The molecule has 18 heavy (non-hydrogen) atoms. The van der Waals surface area contributed by atoms with Gasteiger partial charge in [0.2, 0.25) is 0 Å². The number of nitriles is 2. The zero-order valence-corrected chi connectivity index (χ0v) is 9.50. The van der Waals surface area contributed by atoms with Crippen LogP contribution in [0.2, 0.25) is 0 Å². The zero-order valence-electron chi connectivity index (χ0n) is 9.50. The number of rotatable bonds is 1. The van der Waals surface area contributed by atoms with Crippen LogP contribution in [0, 0.1) is 28.1 Å². The highest BCUT2D eigenvalue weighted by Gasteiger charge is 2.50. The van der Waals surface area contributed by atoms with Gasteiger partial charge in [-0.05, 0) is 5.56 Å². The molecule has 1 heterocycles. The van der Waals surface area contributed by atoms with Crippen molar-refractivity contribution < 1.29 is 4.52 Å². The van der Waals surface area contributed by atoms with Gasteiger partial charge >= 0.3 is 0 Å². The van der Waals surface area contributed by atoms with Gasteiger partial charge in [0, 0.05) is 12.0 Å². The number of nitrogens with zero attached hydrogens (tertiary/aromatic N) is 3. The van der Waals surface area contributed by atoms with Crippen LogP contribution in [0.3, 0.4) is 0 Å². The van der Waals surface area contributed by atoms with Crippen molar-refractivity contribution >= 4 is 0 Å². The summed E-state index contributed by atoms with van der Waals surface area (Å²) in [6, 6.07) is 13.9. The molecule has 0 N–H and O–H groups in total. The van der Waals surface area contributed by atoms with E-state index in [0.29, 0.717) is 12.1 Å². The molecule has 1 aliphatic rings. The molecule has 4 heteroatoms. The summed E-state index contributed by atoms with van der Waals surface area (Å²) in [6.45, 7) is 0. The standard InChI is InChI=1S/C14H9N3O/c15-8-14(9-16)6-11-7-18-17-13(11)12(14)10-4-2-1-3-5-10/h1-5,7,12H,6H2. The largest absolute Gasteiger partial charge is 0.364 e. The monoisotopic (exact) mass is 235 g/mol. The van der Waals surface area contributed by atoms with Gasteiger partial charge in [-0.25, -0.2) is 0 Å². The molecule has 0 spiro atoms. The molecule has 86 valence electrons. The Morgan fingerprint density at radius 3 is 2.61 bits per heavy atom. The molecule has 1 aromatic heterocycles. The first kappa shape index (κ1) is 10.6. The summed E-state index contributed by atoms with van der Waals surface area (Å²) in [5.41, 5.74) is 1.42. The summed E-state index contributed by atoms with van der Waals surface area (Å²) in [6.07, 6.45) is 1.90. The summed E-state index contributed by atoms with van der Waals surface area (Å²) in [5, 5.41) is 22.8. The molecule has 1 atom stereocenters. The Labute approximate surface area is 104 Å². The second-order valence-corrected chi connectivity index (χ2v) is 4.44. The van der Waals surface area contributed by atoms with Crippen molar-refractivity contribution in [1.29, 1.82) is 10.5 Å². The molecule has 2 aromatic rings. The Bertz CT molecular complexity index is 646. The topological polar surface area (TPSA) is 73.6 Å². The van der Waals surface area contributed by atoms with E-state index in [9.17, 15) is 10.5 Å². The first-order valence-corrected chi connectivity index (χ1v) is 5.61. The lowest BCUT2D eigenvalue weighted by Crippen LogP contribution is -2.23. The highest BCUT2D eigenvalue weighted by molar-refractivity contribution is 5.47. The molecule has 1 unspecified atom stereocenters. The van der Waals surface area contributed by atoms with E-state index in [1.165, 1.54) is 6.26 Å². The van der Waals surface area contributed by atoms with E-state index in [0.717, 1.165) is 11.1 Å². The molecule has 1 aliphatic carbocycles. The number of hydrogen-bond donors (Lipinski definition) is 0. The number of fused-ring (bicyclic) bond motifs is 1. The number of hydrogen-bond acceptors (Lipinski definition) is 4. The lowest BCUT2D eigenvalue weighted by atomic mass is 9.76. The van der Waals surface area contributed by atoms with Gasteiger partial charge in [0.1, 0.15) is 6.26 Å². The van der Waals surface area contributed by atoms with Gasteiger partial charge in [-0.2, -0.15) is 10.5 Å². The van der Waals surface area contributed by atoms with E-state index >= 15 is 0 Å². The average Bonchev–Trinajstić information content (AvgIpc) is 2.97. The van der Waals surface area contributed by atoms with Crippen molar-refractivity contribution in [3.05, 3.63) is 53.4 Å².